The van der Waals surface area contributed by atoms with Gasteiger partial charge in [-0.15, -0.1) is 6.42 Å². The van der Waals surface area contributed by atoms with Crippen LogP contribution in [0.5, 0.6) is 0 Å². The third kappa shape index (κ3) is 2.96. The van der Waals surface area contributed by atoms with E-state index in [0.717, 1.165) is 21.0 Å². The lowest BCUT2D eigenvalue weighted by Gasteiger charge is -2.02. The van der Waals surface area contributed by atoms with Gasteiger partial charge in [-0.05, 0) is 17.5 Å². The van der Waals surface area contributed by atoms with Crippen molar-refractivity contribution in [3.05, 3.63) is 81.1 Å². The van der Waals surface area contributed by atoms with E-state index in [9.17, 15) is 14.9 Å². The van der Waals surface area contributed by atoms with Gasteiger partial charge in [-0.1, -0.05) is 59.7 Å². The van der Waals surface area contributed by atoms with Crippen molar-refractivity contribution >= 4 is 43.9 Å². The summed E-state index contributed by atoms with van der Waals surface area (Å²) in [6.07, 6.45) is 5.52. The van der Waals surface area contributed by atoms with Crippen LogP contribution in [0.2, 0.25) is 0 Å². The number of hydrogen-bond acceptors (Lipinski definition) is 4. The summed E-state index contributed by atoms with van der Waals surface area (Å²) < 4.78 is 2.74. The molecule has 28 heavy (non-hydrogen) atoms. The van der Waals surface area contributed by atoms with Crippen molar-refractivity contribution in [2.24, 2.45) is 4.99 Å². The molecule has 1 aromatic heterocycles. The summed E-state index contributed by atoms with van der Waals surface area (Å²) in [5, 5.41) is 13.3. The molecule has 4 aromatic rings. The summed E-state index contributed by atoms with van der Waals surface area (Å²) in [6, 6.07) is 17.6. The van der Waals surface area contributed by atoms with Gasteiger partial charge in [0.25, 0.3) is 11.6 Å². The Bertz CT molecular complexity index is 1360. The molecule has 0 bridgehead atoms. The van der Waals surface area contributed by atoms with E-state index >= 15 is 0 Å². The van der Waals surface area contributed by atoms with Crippen LogP contribution in [-0.4, -0.2) is 15.4 Å². The Morgan fingerprint density at radius 3 is 2.68 bits per heavy atom. The zero-order valence-corrected chi connectivity index (χ0v) is 15.3. The zero-order chi connectivity index (χ0) is 19.7. The van der Waals surface area contributed by atoms with Gasteiger partial charge in [0.05, 0.1) is 21.7 Å². The number of rotatable bonds is 3. The number of terminal acetylenes is 1. The maximum absolute atomic E-state index is 12.7. The number of nitro groups is 1. The van der Waals surface area contributed by atoms with E-state index < -0.39 is 10.8 Å². The molecule has 0 radical (unpaired) electrons. The van der Waals surface area contributed by atoms with Crippen LogP contribution in [0.25, 0.3) is 21.0 Å². The average Bonchev–Trinajstić information content (AvgIpc) is 3.06. The highest BCUT2D eigenvalue weighted by atomic mass is 32.1. The fraction of sp³-hybridized carbons (Fsp3) is 0.0476. The normalized spacial score (nSPS) is 11.6. The topological polar surface area (TPSA) is 77.5 Å². The molecular formula is C21H13N3O3S. The lowest BCUT2D eigenvalue weighted by Crippen LogP contribution is -2.16. The van der Waals surface area contributed by atoms with E-state index in [-0.39, 0.29) is 17.8 Å². The van der Waals surface area contributed by atoms with E-state index in [2.05, 4.69) is 10.9 Å². The van der Waals surface area contributed by atoms with Gasteiger partial charge in [0.2, 0.25) is 0 Å². The van der Waals surface area contributed by atoms with Crippen molar-refractivity contribution in [1.82, 2.24) is 4.57 Å². The average molecular weight is 387 g/mol. The fourth-order valence-electron chi connectivity index (χ4n) is 3.09. The number of benzene rings is 3. The first-order valence-corrected chi connectivity index (χ1v) is 9.19. The molecule has 0 saturated carbocycles. The maximum Gasteiger partial charge on any atom is 0.286 e. The van der Waals surface area contributed by atoms with Crippen molar-refractivity contribution in [3.63, 3.8) is 0 Å². The van der Waals surface area contributed by atoms with Gasteiger partial charge in [0.15, 0.2) is 4.80 Å². The number of hydrogen-bond donors (Lipinski definition) is 0. The smallest absolute Gasteiger partial charge is 0.286 e. The molecule has 1 heterocycles. The van der Waals surface area contributed by atoms with E-state index in [1.54, 1.807) is 10.6 Å². The van der Waals surface area contributed by atoms with Crippen LogP contribution >= 0.6 is 11.3 Å². The van der Waals surface area contributed by atoms with Gasteiger partial charge in [-0.2, -0.15) is 4.99 Å². The molecule has 3 aromatic carbocycles. The number of fused-ring (bicyclic) bond motifs is 3. The predicted octanol–water partition coefficient (Wildman–Crippen LogP) is 4.14. The molecule has 0 atom stereocenters. The third-order valence-corrected chi connectivity index (χ3v) is 5.48. The van der Waals surface area contributed by atoms with Gasteiger partial charge in [0, 0.05) is 11.5 Å². The minimum absolute atomic E-state index is 0.0536. The lowest BCUT2D eigenvalue weighted by molar-refractivity contribution is -0.385. The minimum atomic E-state index is -0.672. The Balaban J connectivity index is 1.97. The summed E-state index contributed by atoms with van der Waals surface area (Å²) >= 11 is 1.34. The molecule has 7 heteroatoms. The second-order valence-corrected chi connectivity index (χ2v) is 6.98. The molecule has 0 fully saturated rings. The number of nitrogens with zero attached hydrogens (tertiary/aromatic N) is 3. The number of amides is 1. The standard InChI is InChI=1S/C21H13N3O3S/c1-2-13-23-18-12-11-14-7-3-4-8-15(14)19(18)28-21(23)22-20(25)16-9-5-6-10-17(16)24(26)27/h1,3-12H,13H2. The van der Waals surface area contributed by atoms with Gasteiger partial charge in [-0.3, -0.25) is 14.9 Å². The number of para-hydroxylation sites is 1. The summed E-state index contributed by atoms with van der Waals surface area (Å²) in [5.74, 6) is 1.91. The Kier molecular flexibility index (Phi) is 4.47. The molecule has 4 rings (SSSR count). The number of carbonyl (C=O) groups is 1. The second kappa shape index (κ2) is 7.10. The molecule has 0 aliphatic carbocycles. The summed E-state index contributed by atoms with van der Waals surface area (Å²) in [4.78, 5) is 27.9. The Morgan fingerprint density at radius 1 is 1.14 bits per heavy atom. The Morgan fingerprint density at radius 2 is 1.89 bits per heavy atom. The minimum Gasteiger partial charge on any atom is -0.305 e. The third-order valence-electron chi connectivity index (χ3n) is 4.35. The van der Waals surface area contributed by atoms with Crippen molar-refractivity contribution in [2.45, 2.75) is 6.54 Å². The van der Waals surface area contributed by atoms with Crippen LogP contribution in [0.15, 0.2) is 65.7 Å². The number of aromatic nitrogens is 1. The van der Waals surface area contributed by atoms with E-state index in [1.807, 2.05) is 36.4 Å². The molecule has 0 aliphatic rings. The van der Waals surface area contributed by atoms with Crippen molar-refractivity contribution in [1.29, 1.82) is 0 Å². The first-order valence-electron chi connectivity index (χ1n) is 8.37. The molecular weight excluding hydrogens is 374 g/mol. The van der Waals surface area contributed by atoms with Crippen molar-refractivity contribution < 1.29 is 9.72 Å². The molecule has 0 spiro atoms. The summed E-state index contributed by atoms with van der Waals surface area (Å²) in [7, 11) is 0. The molecule has 6 nitrogen and oxygen atoms in total. The Hall–Kier alpha value is -3.76. The zero-order valence-electron chi connectivity index (χ0n) is 14.5. The van der Waals surface area contributed by atoms with E-state index in [1.165, 1.54) is 29.5 Å². The molecule has 1 amide bonds. The molecule has 136 valence electrons. The number of thiazole rings is 1. The van der Waals surface area contributed by atoms with Crippen LogP contribution in [0.1, 0.15) is 10.4 Å². The fourth-order valence-corrected chi connectivity index (χ4v) is 4.25. The van der Waals surface area contributed by atoms with Crippen LogP contribution < -0.4 is 4.80 Å². The van der Waals surface area contributed by atoms with E-state index in [0.29, 0.717) is 4.80 Å². The van der Waals surface area contributed by atoms with Crippen molar-refractivity contribution in [3.8, 4) is 12.3 Å². The first-order chi connectivity index (χ1) is 13.6. The van der Waals surface area contributed by atoms with Crippen LogP contribution in [-0.2, 0) is 6.54 Å². The van der Waals surface area contributed by atoms with Crippen LogP contribution in [0.3, 0.4) is 0 Å². The number of carbonyl (C=O) groups excluding carboxylic acids is 1. The quantitative estimate of drug-likeness (QED) is 0.301. The SMILES string of the molecule is C#CCn1c(=NC(=O)c2ccccc2[N+](=O)[O-])sc2c3ccccc3ccc21. The first kappa shape index (κ1) is 17.6. The molecule has 0 saturated heterocycles. The van der Waals surface area contributed by atoms with E-state index in [4.69, 9.17) is 6.42 Å². The number of nitro benzene ring substituents is 1. The summed E-state index contributed by atoms with van der Waals surface area (Å²) in [5.41, 5.74) is 0.546. The van der Waals surface area contributed by atoms with Crippen molar-refractivity contribution in [2.75, 3.05) is 0 Å². The van der Waals surface area contributed by atoms with Crippen LogP contribution in [0.4, 0.5) is 5.69 Å². The summed E-state index contributed by atoms with van der Waals surface area (Å²) in [6.45, 7) is 0.237. The molecule has 0 aliphatic heterocycles. The van der Waals surface area contributed by atoms with Gasteiger partial charge in [0.1, 0.15) is 5.56 Å². The van der Waals surface area contributed by atoms with Gasteiger partial charge < -0.3 is 4.57 Å². The highest BCUT2D eigenvalue weighted by Crippen LogP contribution is 2.27. The monoisotopic (exact) mass is 387 g/mol. The van der Waals surface area contributed by atoms with Crippen LogP contribution in [0, 0.1) is 22.5 Å². The highest BCUT2D eigenvalue weighted by molar-refractivity contribution is 7.17. The molecule has 0 unspecified atom stereocenters. The lowest BCUT2D eigenvalue weighted by atomic mass is 10.1. The maximum atomic E-state index is 12.7. The highest BCUT2D eigenvalue weighted by Gasteiger charge is 2.19. The molecule has 0 N–H and O–H groups in total. The largest absolute Gasteiger partial charge is 0.305 e. The van der Waals surface area contributed by atoms with Gasteiger partial charge in [-0.25, -0.2) is 0 Å². The van der Waals surface area contributed by atoms with Gasteiger partial charge >= 0.3 is 0 Å². The second-order valence-electron chi connectivity index (χ2n) is 6.00. The predicted molar refractivity (Wildman–Crippen MR) is 109 cm³/mol. The Labute approximate surface area is 163 Å².